The number of piperidine rings is 1. The fraction of sp³-hybridized carbons (Fsp3) is 0.259. The van der Waals surface area contributed by atoms with Crippen molar-refractivity contribution in [2.24, 2.45) is 0 Å². The van der Waals surface area contributed by atoms with Crippen molar-refractivity contribution in [3.63, 3.8) is 0 Å². The van der Waals surface area contributed by atoms with Crippen molar-refractivity contribution in [2.45, 2.75) is 18.9 Å². The van der Waals surface area contributed by atoms with Gasteiger partial charge in [-0.2, -0.15) is 0 Å². The predicted molar refractivity (Wildman–Crippen MR) is 142 cm³/mol. The zero-order valence-corrected chi connectivity index (χ0v) is 20.5. The molecule has 1 aliphatic rings. The second-order valence-electron chi connectivity index (χ2n) is 9.13. The third-order valence-corrected chi connectivity index (χ3v) is 7.70. The minimum absolute atomic E-state index is 0.592. The Balaban J connectivity index is 1.55. The first-order valence-corrected chi connectivity index (χ1v) is 12.6. The summed E-state index contributed by atoms with van der Waals surface area (Å²) in [7, 11) is 4.32. The molecular weight excluding hydrogens is 454 g/mol. The maximum atomic E-state index is 7.34. The lowest BCUT2D eigenvalue weighted by Crippen LogP contribution is -2.43. The van der Waals surface area contributed by atoms with Crippen LogP contribution in [0.5, 0.6) is 0 Å². The zero-order chi connectivity index (χ0) is 23.9. The molecule has 0 bridgehead atoms. The molecule has 7 nitrogen and oxygen atoms in total. The van der Waals surface area contributed by atoms with Gasteiger partial charge in [0.2, 0.25) is 5.95 Å². The second-order valence-corrected chi connectivity index (χ2v) is 10.0. The van der Waals surface area contributed by atoms with Crippen LogP contribution in [0.15, 0.2) is 60.4 Å². The van der Waals surface area contributed by atoms with Crippen molar-refractivity contribution in [2.75, 3.05) is 32.1 Å². The van der Waals surface area contributed by atoms with Gasteiger partial charge in [-0.3, -0.25) is 4.40 Å². The van der Waals surface area contributed by atoms with E-state index in [1.54, 1.807) is 11.3 Å². The molecule has 5 aromatic rings. The fourth-order valence-corrected chi connectivity index (χ4v) is 5.61. The Bertz CT molecular complexity index is 1550. The van der Waals surface area contributed by atoms with Crippen LogP contribution < -0.4 is 4.90 Å². The summed E-state index contributed by atoms with van der Waals surface area (Å²) in [5.74, 6) is 0.914. The van der Waals surface area contributed by atoms with Gasteiger partial charge in [0.1, 0.15) is 5.65 Å². The smallest absolute Gasteiger partial charge is 0.211 e. The number of hydrogen-bond donors (Lipinski definition) is 0. The molecule has 6 rings (SSSR count). The fourth-order valence-electron chi connectivity index (χ4n) is 4.95. The van der Waals surface area contributed by atoms with Gasteiger partial charge in [-0.25, -0.2) is 19.8 Å². The molecule has 1 aliphatic heterocycles. The summed E-state index contributed by atoms with van der Waals surface area (Å²) >= 11 is 1.64. The van der Waals surface area contributed by atoms with Crippen molar-refractivity contribution < 1.29 is 0 Å². The van der Waals surface area contributed by atoms with Gasteiger partial charge >= 0.3 is 0 Å². The molecule has 0 atom stereocenters. The highest BCUT2D eigenvalue weighted by Gasteiger charge is 2.26. The van der Waals surface area contributed by atoms with Crippen LogP contribution >= 0.6 is 11.3 Å². The summed E-state index contributed by atoms with van der Waals surface area (Å²) in [6.07, 6.45) is 6.06. The second kappa shape index (κ2) is 8.77. The lowest BCUT2D eigenvalue weighted by molar-refractivity contribution is 0.249. The Kier molecular flexibility index (Phi) is 5.44. The van der Waals surface area contributed by atoms with Crippen LogP contribution in [-0.2, 0) is 0 Å². The van der Waals surface area contributed by atoms with Crippen LogP contribution in [-0.4, -0.2) is 57.5 Å². The van der Waals surface area contributed by atoms with E-state index in [0.29, 0.717) is 11.7 Å². The van der Waals surface area contributed by atoms with Gasteiger partial charge < -0.3 is 9.80 Å². The first kappa shape index (κ1) is 21.7. The lowest BCUT2D eigenvalue weighted by Gasteiger charge is -2.36. The number of imidazole rings is 1. The van der Waals surface area contributed by atoms with Crippen LogP contribution in [0.25, 0.3) is 43.1 Å². The minimum Gasteiger partial charge on any atom is -0.342 e. The van der Waals surface area contributed by atoms with E-state index < -0.39 is 0 Å². The molecule has 1 fully saturated rings. The normalized spacial score (nSPS) is 14.7. The molecular formula is C27H25N7S. The number of anilines is 1. The summed E-state index contributed by atoms with van der Waals surface area (Å²) in [5.41, 5.74) is 8.21. The van der Waals surface area contributed by atoms with E-state index in [1.165, 1.54) is 0 Å². The monoisotopic (exact) mass is 479 g/mol. The Hall–Kier alpha value is -3.80. The molecule has 0 radical (unpaired) electrons. The van der Waals surface area contributed by atoms with Gasteiger partial charge in [-0.1, -0.05) is 30.3 Å². The van der Waals surface area contributed by atoms with E-state index in [-0.39, 0.29) is 0 Å². The Morgan fingerprint density at radius 2 is 1.80 bits per heavy atom. The quantitative estimate of drug-likeness (QED) is 0.307. The van der Waals surface area contributed by atoms with Crippen LogP contribution in [0.1, 0.15) is 12.8 Å². The van der Waals surface area contributed by atoms with E-state index >= 15 is 0 Å². The number of aromatic nitrogens is 4. The maximum absolute atomic E-state index is 7.34. The highest BCUT2D eigenvalue weighted by atomic mass is 32.1. The highest BCUT2D eigenvalue weighted by molar-refractivity contribution is 7.16. The van der Waals surface area contributed by atoms with E-state index in [1.807, 2.05) is 42.2 Å². The molecule has 174 valence electrons. The van der Waals surface area contributed by atoms with Crippen LogP contribution in [0.3, 0.4) is 0 Å². The Labute approximate surface area is 208 Å². The Morgan fingerprint density at radius 3 is 2.54 bits per heavy atom. The summed E-state index contributed by atoms with van der Waals surface area (Å²) in [6.45, 7) is 9.23. The van der Waals surface area contributed by atoms with Crippen molar-refractivity contribution in [1.29, 1.82) is 0 Å². The lowest BCUT2D eigenvalue weighted by atomic mass is 9.99. The SMILES string of the molecule is [C-]#[N+]c1ccc(-c2nc(N3CCC(N(C)C)CC3)n3ccnc3c2-c2ccc3scnc3c2)cc1. The standard InChI is InChI=1S/C27H25N7S/c1-28-20-7-4-18(5-8-20)25-24(19-6-9-23-22(16-19)30-17-35-23)26-29-12-15-34(26)27(31-25)33-13-10-21(11-14-33)32(2)3/h4-9,12,15-17,21H,10-11,13-14H2,2-3H3. The number of thiazole rings is 1. The van der Waals surface area contributed by atoms with E-state index in [0.717, 1.165) is 70.1 Å². The summed E-state index contributed by atoms with van der Waals surface area (Å²) in [6, 6.07) is 14.7. The molecule has 0 unspecified atom stereocenters. The summed E-state index contributed by atoms with van der Waals surface area (Å²) in [4.78, 5) is 22.9. The van der Waals surface area contributed by atoms with E-state index in [9.17, 15) is 0 Å². The molecule has 0 aliphatic carbocycles. The van der Waals surface area contributed by atoms with Crippen LogP contribution in [0.2, 0.25) is 0 Å². The number of fused-ring (bicyclic) bond motifs is 2. The van der Waals surface area contributed by atoms with E-state index in [2.05, 4.69) is 56.3 Å². The van der Waals surface area contributed by atoms with Gasteiger partial charge in [0.05, 0.1) is 33.6 Å². The first-order valence-electron chi connectivity index (χ1n) is 11.7. The average molecular weight is 480 g/mol. The van der Waals surface area contributed by atoms with E-state index in [4.69, 9.17) is 16.5 Å². The molecule has 0 amide bonds. The third kappa shape index (κ3) is 3.83. The molecule has 35 heavy (non-hydrogen) atoms. The van der Waals surface area contributed by atoms with Crippen molar-refractivity contribution in [1.82, 2.24) is 24.3 Å². The van der Waals surface area contributed by atoms with Gasteiger partial charge in [-0.15, -0.1) is 11.3 Å². The van der Waals surface area contributed by atoms with Crippen LogP contribution in [0.4, 0.5) is 11.6 Å². The minimum atomic E-state index is 0.592. The molecule has 8 heteroatoms. The summed E-state index contributed by atoms with van der Waals surface area (Å²) < 4.78 is 3.28. The average Bonchev–Trinajstić information content (AvgIpc) is 3.57. The molecule has 0 N–H and O–H groups in total. The first-order chi connectivity index (χ1) is 17.1. The van der Waals surface area contributed by atoms with Crippen molar-refractivity contribution in [3.8, 4) is 22.4 Å². The maximum Gasteiger partial charge on any atom is 0.211 e. The number of hydrogen-bond acceptors (Lipinski definition) is 6. The Morgan fingerprint density at radius 1 is 1.03 bits per heavy atom. The molecule has 1 saturated heterocycles. The largest absolute Gasteiger partial charge is 0.342 e. The van der Waals surface area contributed by atoms with Gasteiger partial charge in [0.25, 0.3) is 0 Å². The van der Waals surface area contributed by atoms with Crippen molar-refractivity contribution in [3.05, 3.63) is 71.8 Å². The van der Waals surface area contributed by atoms with Gasteiger partial charge in [0.15, 0.2) is 5.69 Å². The van der Waals surface area contributed by atoms with Crippen LogP contribution in [0, 0.1) is 6.57 Å². The van der Waals surface area contributed by atoms with Gasteiger partial charge in [-0.05, 0) is 50.2 Å². The predicted octanol–water partition coefficient (Wildman–Crippen LogP) is 5.75. The van der Waals surface area contributed by atoms with Crippen molar-refractivity contribution >= 4 is 38.8 Å². The highest BCUT2D eigenvalue weighted by Crippen LogP contribution is 2.38. The number of nitrogens with zero attached hydrogens (tertiary/aromatic N) is 7. The zero-order valence-electron chi connectivity index (χ0n) is 19.7. The molecule has 0 spiro atoms. The topological polar surface area (TPSA) is 53.9 Å². The third-order valence-electron chi connectivity index (χ3n) is 6.89. The molecule has 2 aromatic carbocycles. The molecule has 3 aromatic heterocycles. The van der Waals surface area contributed by atoms with Gasteiger partial charge in [0, 0.05) is 31.5 Å². The number of benzene rings is 2. The molecule has 0 saturated carbocycles. The summed E-state index contributed by atoms with van der Waals surface area (Å²) in [5, 5.41) is 0. The number of rotatable bonds is 4. The molecule has 4 heterocycles.